The van der Waals surface area contributed by atoms with Gasteiger partial charge in [0.25, 0.3) is 0 Å². The Kier molecular flexibility index (Phi) is 15.9. The number of Topliss-reactive ketones (excluding diaryl/α,β-unsaturated/α-hetero) is 1. The number of unbranched alkanes of at least 4 members (excludes halogenated alkanes) is 6. The molecule has 0 heterocycles. The van der Waals surface area contributed by atoms with Gasteiger partial charge >= 0.3 is 190 Å². The minimum absolute atomic E-state index is 0.111. The number of ketones is 1. The number of methoxy groups -OCH3 is 1. The van der Waals surface area contributed by atoms with Crippen molar-refractivity contribution >= 4 is 30.1 Å². The second-order valence-corrected chi connectivity index (χ2v) is 22.8. The maximum atomic E-state index is 12.6. The molecule has 0 bridgehead atoms. The topological polar surface area (TPSA) is 43.4 Å². The van der Waals surface area contributed by atoms with E-state index < -0.39 is 18.4 Å². The SMILES string of the molecule is CCC[CH2][Sn]([CH]=C[C@H]1CCC(=O)[C@@H]1CCCCCCC(=O)OC)([CH2]CCC)[CH2]CCC. The van der Waals surface area contributed by atoms with Crippen molar-refractivity contribution in [3.05, 3.63) is 10.2 Å². The second kappa shape index (κ2) is 17.2. The molecule has 4 heteroatoms. The van der Waals surface area contributed by atoms with Crippen molar-refractivity contribution in [1.29, 1.82) is 0 Å². The van der Waals surface area contributed by atoms with E-state index in [2.05, 4.69) is 30.9 Å². The fourth-order valence-electron chi connectivity index (χ4n) is 5.17. The minimum atomic E-state index is -2.26. The van der Waals surface area contributed by atoms with E-state index in [4.69, 9.17) is 4.74 Å². The molecule has 0 aromatic carbocycles. The molecule has 1 aliphatic carbocycles. The Balaban J connectivity index is 2.67. The molecule has 0 aromatic heterocycles. The van der Waals surface area contributed by atoms with E-state index in [0.717, 1.165) is 44.9 Å². The number of ether oxygens (including phenoxy) is 1. The van der Waals surface area contributed by atoms with Crippen molar-refractivity contribution in [3.63, 3.8) is 0 Å². The monoisotopic (exact) mass is 542 g/mol. The van der Waals surface area contributed by atoms with E-state index in [0.29, 0.717) is 18.1 Å². The summed E-state index contributed by atoms with van der Waals surface area (Å²) in [6.07, 6.45) is 18.3. The summed E-state index contributed by atoms with van der Waals surface area (Å²) in [6, 6.07) is 0. The Morgan fingerprint density at radius 1 is 0.935 bits per heavy atom. The van der Waals surface area contributed by atoms with Crippen molar-refractivity contribution < 1.29 is 14.3 Å². The molecular formula is C27H50O3Sn. The van der Waals surface area contributed by atoms with Gasteiger partial charge in [0.05, 0.1) is 7.11 Å². The summed E-state index contributed by atoms with van der Waals surface area (Å²) < 4.78 is 12.0. The third-order valence-corrected chi connectivity index (χ3v) is 21.4. The molecule has 3 nitrogen and oxygen atoms in total. The van der Waals surface area contributed by atoms with Gasteiger partial charge in [-0.25, -0.2) is 0 Å². The van der Waals surface area contributed by atoms with Crippen LogP contribution < -0.4 is 0 Å². The van der Waals surface area contributed by atoms with Crippen LogP contribution in [0.3, 0.4) is 0 Å². The zero-order valence-corrected chi connectivity index (χ0v) is 23.9. The molecule has 1 saturated carbocycles. The molecule has 180 valence electrons. The standard InChI is InChI=1S/C15H23O3.3C4H9.Sn/c1-3-12-10-11-14(16)13(12)8-6-4-5-7-9-15(17)18-2;3*1-3-4-2;/h1,3,12-13H,4-11H2,2H3;3*1,3-4H2,2H3;/t12-,13+;;;;/m0..../s1. The summed E-state index contributed by atoms with van der Waals surface area (Å²) in [5.74, 6) is 1.13. The van der Waals surface area contributed by atoms with Crippen LogP contribution in [0.5, 0.6) is 0 Å². The number of esters is 1. The van der Waals surface area contributed by atoms with Crippen LogP contribution >= 0.6 is 0 Å². The van der Waals surface area contributed by atoms with E-state index in [9.17, 15) is 9.59 Å². The molecule has 0 aromatic rings. The Bertz CT molecular complexity index is 507. The first-order valence-corrected chi connectivity index (χ1v) is 21.0. The van der Waals surface area contributed by atoms with E-state index in [1.165, 1.54) is 58.9 Å². The van der Waals surface area contributed by atoms with Gasteiger partial charge in [-0.3, -0.25) is 0 Å². The predicted molar refractivity (Wildman–Crippen MR) is 135 cm³/mol. The molecule has 0 unspecified atom stereocenters. The Morgan fingerprint density at radius 3 is 2.06 bits per heavy atom. The van der Waals surface area contributed by atoms with Gasteiger partial charge < -0.3 is 0 Å². The van der Waals surface area contributed by atoms with E-state index >= 15 is 0 Å². The number of hydrogen-bond donors (Lipinski definition) is 0. The van der Waals surface area contributed by atoms with Crippen LogP contribution in [0.4, 0.5) is 0 Å². The molecule has 0 spiro atoms. The first-order chi connectivity index (χ1) is 15.0. The molecule has 0 saturated heterocycles. The number of rotatable bonds is 18. The normalized spacial score (nSPS) is 19.4. The van der Waals surface area contributed by atoms with Crippen LogP contribution in [-0.4, -0.2) is 37.2 Å². The maximum absolute atomic E-state index is 12.6. The molecule has 0 N–H and O–H groups in total. The predicted octanol–water partition coefficient (Wildman–Crippen LogP) is 8.04. The van der Waals surface area contributed by atoms with Crippen molar-refractivity contribution in [1.82, 2.24) is 0 Å². The number of allylic oxidation sites excluding steroid dienone is 1. The summed E-state index contributed by atoms with van der Waals surface area (Å²) in [5.41, 5.74) is 0. The van der Waals surface area contributed by atoms with Gasteiger partial charge in [-0.1, -0.05) is 0 Å². The van der Waals surface area contributed by atoms with Gasteiger partial charge in [-0.15, -0.1) is 0 Å². The molecule has 1 aliphatic rings. The summed E-state index contributed by atoms with van der Waals surface area (Å²) in [7, 11) is 1.45. The summed E-state index contributed by atoms with van der Waals surface area (Å²) >= 11 is -2.26. The summed E-state index contributed by atoms with van der Waals surface area (Å²) in [5, 5.41) is 0. The second-order valence-electron chi connectivity index (χ2n) is 9.84. The van der Waals surface area contributed by atoms with Gasteiger partial charge in [0, 0.05) is 0 Å². The van der Waals surface area contributed by atoms with Crippen molar-refractivity contribution in [2.45, 2.75) is 124 Å². The molecule has 0 aliphatic heterocycles. The summed E-state index contributed by atoms with van der Waals surface area (Å²) in [6.45, 7) is 6.99. The van der Waals surface area contributed by atoms with Crippen LogP contribution in [0, 0.1) is 11.8 Å². The van der Waals surface area contributed by atoms with E-state index in [-0.39, 0.29) is 11.9 Å². The van der Waals surface area contributed by atoms with Crippen LogP contribution in [0.15, 0.2) is 10.2 Å². The van der Waals surface area contributed by atoms with E-state index in [1.807, 2.05) is 0 Å². The van der Waals surface area contributed by atoms with Crippen LogP contribution in [0.25, 0.3) is 0 Å². The van der Waals surface area contributed by atoms with Gasteiger partial charge in [-0.2, -0.15) is 0 Å². The first kappa shape index (κ1) is 28.7. The Morgan fingerprint density at radius 2 is 1.52 bits per heavy atom. The molecule has 0 amide bonds. The Hall–Kier alpha value is -0.321. The van der Waals surface area contributed by atoms with Crippen molar-refractivity contribution in [3.8, 4) is 0 Å². The van der Waals surface area contributed by atoms with Crippen LogP contribution in [-0.2, 0) is 14.3 Å². The number of carbonyl (C=O) groups excluding carboxylic acids is 2. The first-order valence-electron chi connectivity index (χ1n) is 13.3. The van der Waals surface area contributed by atoms with Gasteiger partial charge in [0.1, 0.15) is 0 Å². The zero-order chi connectivity index (χ0) is 23.0. The fraction of sp³-hybridized carbons (Fsp3) is 0.852. The van der Waals surface area contributed by atoms with Gasteiger partial charge in [0.2, 0.25) is 0 Å². The van der Waals surface area contributed by atoms with Gasteiger partial charge in [0.15, 0.2) is 0 Å². The van der Waals surface area contributed by atoms with E-state index in [1.54, 1.807) is 0 Å². The average molecular weight is 541 g/mol. The fourth-order valence-corrected chi connectivity index (χ4v) is 19.7. The molecular weight excluding hydrogens is 491 g/mol. The van der Waals surface area contributed by atoms with Crippen LogP contribution in [0.2, 0.25) is 13.3 Å². The van der Waals surface area contributed by atoms with Crippen molar-refractivity contribution in [2.75, 3.05) is 7.11 Å². The summed E-state index contributed by atoms with van der Waals surface area (Å²) in [4.78, 5) is 23.8. The van der Waals surface area contributed by atoms with Crippen molar-refractivity contribution in [2.24, 2.45) is 11.8 Å². The third-order valence-electron chi connectivity index (χ3n) is 7.31. The molecule has 31 heavy (non-hydrogen) atoms. The number of hydrogen-bond acceptors (Lipinski definition) is 3. The van der Waals surface area contributed by atoms with Gasteiger partial charge in [-0.05, 0) is 0 Å². The molecule has 2 atom stereocenters. The zero-order valence-electron chi connectivity index (χ0n) is 21.1. The third kappa shape index (κ3) is 11.4. The molecule has 1 fully saturated rings. The molecule has 1 rings (SSSR count). The molecule has 0 radical (unpaired) electrons. The Labute approximate surface area is 197 Å². The number of carbonyl (C=O) groups is 2. The average Bonchev–Trinajstić information content (AvgIpc) is 3.14. The van der Waals surface area contributed by atoms with Crippen LogP contribution in [0.1, 0.15) is 111 Å². The quantitative estimate of drug-likeness (QED) is 0.100.